The SMILES string of the molecule is COC(=O)c1ccc(C)c(NC(=S)NCc2nc(-c3ccccc3C)no2)c1. The van der Waals surface area contributed by atoms with E-state index < -0.39 is 5.97 Å². The van der Waals surface area contributed by atoms with Crippen LogP contribution in [0.2, 0.25) is 0 Å². The van der Waals surface area contributed by atoms with Crippen molar-refractivity contribution in [1.82, 2.24) is 15.5 Å². The molecule has 2 N–H and O–H groups in total. The number of anilines is 1. The highest BCUT2D eigenvalue weighted by atomic mass is 32.1. The molecule has 0 aliphatic carbocycles. The molecule has 2 aromatic carbocycles. The van der Waals surface area contributed by atoms with E-state index >= 15 is 0 Å². The number of carbonyl (C=O) groups excluding carboxylic acids is 1. The highest BCUT2D eigenvalue weighted by Crippen LogP contribution is 2.20. The Labute approximate surface area is 168 Å². The van der Waals surface area contributed by atoms with Crippen LogP contribution in [0.25, 0.3) is 11.4 Å². The Morgan fingerprint density at radius 1 is 1.18 bits per heavy atom. The molecule has 1 heterocycles. The molecular weight excluding hydrogens is 376 g/mol. The fraction of sp³-hybridized carbons (Fsp3) is 0.200. The van der Waals surface area contributed by atoms with Crippen LogP contribution < -0.4 is 10.6 Å². The molecule has 3 aromatic rings. The van der Waals surface area contributed by atoms with Crippen molar-refractivity contribution in [2.45, 2.75) is 20.4 Å². The van der Waals surface area contributed by atoms with Gasteiger partial charge in [0.15, 0.2) is 5.11 Å². The van der Waals surface area contributed by atoms with Gasteiger partial charge in [-0.1, -0.05) is 35.5 Å². The van der Waals surface area contributed by atoms with Crippen molar-refractivity contribution >= 4 is 29.0 Å². The van der Waals surface area contributed by atoms with E-state index in [1.54, 1.807) is 12.1 Å². The van der Waals surface area contributed by atoms with Crippen molar-refractivity contribution < 1.29 is 14.1 Å². The fourth-order valence-electron chi connectivity index (χ4n) is 2.58. The Bertz CT molecular complexity index is 1020. The van der Waals surface area contributed by atoms with E-state index in [9.17, 15) is 4.79 Å². The van der Waals surface area contributed by atoms with E-state index in [2.05, 4.69) is 20.8 Å². The van der Waals surface area contributed by atoms with Crippen LogP contribution in [0.5, 0.6) is 0 Å². The van der Waals surface area contributed by atoms with E-state index in [1.807, 2.05) is 44.2 Å². The van der Waals surface area contributed by atoms with E-state index in [1.165, 1.54) is 7.11 Å². The number of rotatable bonds is 5. The van der Waals surface area contributed by atoms with Gasteiger partial charge in [0.25, 0.3) is 0 Å². The lowest BCUT2D eigenvalue weighted by molar-refractivity contribution is 0.0601. The Morgan fingerprint density at radius 3 is 2.71 bits per heavy atom. The van der Waals surface area contributed by atoms with Gasteiger partial charge in [0, 0.05) is 11.3 Å². The summed E-state index contributed by atoms with van der Waals surface area (Å²) in [6, 6.07) is 13.0. The molecule has 0 aliphatic heterocycles. The molecular formula is C20H20N4O3S. The van der Waals surface area contributed by atoms with Crippen LogP contribution in [-0.4, -0.2) is 28.3 Å². The maximum absolute atomic E-state index is 11.7. The number of nitrogens with zero attached hydrogens (tertiary/aromatic N) is 2. The highest BCUT2D eigenvalue weighted by molar-refractivity contribution is 7.80. The van der Waals surface area contributed by atoms with E-state index in [0.717, 1.165) is 16.7 Å². The first-order valence-corrected chi connectivity index (χ1v) is 9.01. The van der Waals surface area contributed by atoms with Gasteiger partial charge in [-0.15, -0.1) is 0 Å². The third-order valence-corrected chi connectivity index (χ3v) is 4.41. The molecule has 0 saturated carbocycles. The van der Waals surface area contributed by atoms with Crippen LogP contribution in [0.3, 0.4) is 0 Å². The molecule has 1 aromatic heterocycles. The third-order valence-electron chi connectivity index (χ3n) is 4.16. The molecule has 0 amide bonds. The van der Waals surface area contributed by atoms with Gasteiger partial charge in [0.05, 0.1) is 19.2 Å². The fourth-order valence-corrected chi connectivity index (χ4v) is 2.77. The lowest BCUT2D eigenvalue weighted by atomic mass is 10.1. The maximum Gasteiger partial charge on any atom is 0.337 e. The predicted octanol–water partition coefficient (Wildman–Crippen LogP) is 3.63. The summed E-state index contributed by atoms with van der Waals surface area (Å²) in [5.74, 6) is 0.550. The summed E-state index contributed by atoms with van der Waals surface area (Å²) in [6.07, 6.45) is 0. The lowest BCUT2D eigenvalue weighted by Crippen LogP contribution is -2.28. The zero-order chi connectivity index (χ0) is 20.1. The van der Waals surface area contributed by atoms with Crippen LogP contribution in [0.4, 0.5) is 5.69 Å². The molecule has 28 heavy (non-hydrogen) atoms. The quantitative estimate of drug-likeness (QED) is 0.499. The average Bonchev–Trinajstić information content (AvgIpc) is 3.16. The number of aryl methyl sites for hydroxylation is 2. The standard InChI is InChI=1S/C20H20N4O3S/c1-12-6-4-5-7-15(12)18-23-17(27-24-18)11-21-20(28)22-16-10-14(19(25)26-3)9-8-13(16)2/h4-10H,11H2,1-3H3,(H2,21,22,28). The zero-order valence-electron chi connectivity index (χ0n) is 15.8. The monoisotopic (exact) mass is 396 g/mol. The second-order valence-electron chi connectivity index (χ2n) is 6.16. The zero-order valence-corrected chi connectivity index (χ0v) is 16.6. The Hall–Kier alpha value is -3.26. The summed E-state index contributed by atoms with van der Waals surface area (Å²) >= 11 is 5.32. The molecule has 0 radical (unpaired) electrons. The summed E-state index contributed by atoms with van der Waals surface area (Å²) in [4.78, 5) is 16.1. The second kappa shape index (κ2) is 8.62. The van der Waals surface area contributed by atoms with Gasteiger partial charge in [-0.05, 0) is 49.3 Å². The number of ether oxygens (including phenoxy) is 1. The molecule has 0 atom stereocenters. The number of esters is 1. The van der Waals surface area contributed by atoms with Crippen LogP contribution >= 0.6 is 12.2 Å². The highest BCUT2D eigenvalue weighted by Gasteiger charge is 2.12. The van der Waals surface area contributed by atoms with E-state index in [0.29, 0.717) is 28.1 Å². The van der Waals surface area contributed by atoms with Crippen molar-refractivity contribution in [1.29, 1.82) is 0 Å². The number of hydrogen-bond donors (Lipinski definition) is 2. The smallest absolute Gasteiger partial charge is 0.337 e. The van der Waals surface area contributed by atoms with Crippen molar-refractivity contribution in [2.24, 2.45) is 0 Å². The number of aromatic nitrogens is 2. The van der Waals surface area contributed by atoms with Gasteiger partial charge >= 0.3 is 5.97 Å². The summed E-state index contributed by atoms with van der Waals surface area (Å²) in [6.45, 7) is 4.19. The van der Waals surface area contributed by atoms with E-state index in [4.69, 9.17) is 21.5 Å². The van der Waals surface area contributed by atoms with Crippen molar-refractivity contribution in [3.05, 3.63) is 65.0 Å². The number of hydrogen-bond acceptors (Lipinski definition) is 6. The molecule has 0 unspecified atom stereocenters. The molecule has 3 rings (SSSR count). The minimum absolute atomic E-state index is 0.278. The summed E-state index contributed by atoms with van der Waals surface area (Å²) in [7, 11) is 1.34. The molecule has 7 nitrogen and oxygen atoms in total. The van der Waals surface area contributed by atoms with Crippen LogP contribution in [0, 0.1) is 13.8 Å². The summed E-state index contributed by atoms with van der Waals surface area (Å²) in [5.41, 5.74) is 4.09. The Balaban J connectivity index is 1.63. The van der Waals surface area contributed by atoms with Gasteiger partial charge in [0.2, 0.25) is 11.7 Å². The van der Waals surface area contributed by atoms with Gasteiger partial charge in [0.1, 0.15) is 0 Å². The second-order valence-corrected chi connectivity index (χ2v) is 6.56. The topological polar surface area (TPSA) is 89.3 Å². The third kappa shape index (κ3) is 4.52. The predicted molar refractivity (Wildman–Crippen MR) is 110 cm³/mol. The molecule has 144 valence electrons. The molecule has 0 saturated heterocycles. The Morgan fingerprint density at radius 2 is 1.96 bits per heavy atom. The Kier molecular flexibility index (Phi) is 6.00. The minimum atomic E-state index is -0.406. The number of benzene rings is 2. The minimum Gasteiger partial charge on any atom is -0.465 e. The average molecular weight is 396 g/mol. The molecule has 0 aliphatic rings. The first-order chi connectivity index (χ1) is 13.5. The van der Waals surface area contributed by atoms with Crippen LogP contribution in [-0.2, 0) is 11.3 Å². The van der Waals surface area contributed by atoms with Crippen molar-refractivity contribution in [3.63, 3.8) is 0 Å². The van der Waals surface area contributed by atoms with Gasteiger partial charge < -0.3 is 19.9 Å². The largest absolute Gasteiger partial charge is 0.465 e. The first-order valence-electron chi connectivity index (χ1n) is 8.60. The van der Waals surface area contributed by atoms with Crippen molar-refractivity contribution in [2.75, 3.05) is 12.4 Å². The molecule has 0 spiro atoms. The molecule has 0 bridgehead atoms. The van der Waals surface area contributed by atoms with Gasteiger partial charge in [-0.3, -0.25) is 0 Å². The number of carbonyl (C=O) groups is 1. The maximum atomic E-state index is 11.7. The van der Waals surface area contributed by atoms with Gasteiger partial charge in [-0.2, -0.15) is 4.98 Å². The van der Waals surface area contributed by atoms with Gasteiger partial charge in [-0.25, -0.2) is 4.79 Å². The summed E-state index contributed by atoms with van der Waals surface area (Å²) < 4.78 is 10.0. The van der Waals surface area contributed by atoms with Crippen LogP contribution in [0.1, 0.15) is 27.4 Å². The molecule has 0 fully saturated rings. The number of methoxy groups -OCH3 is 1. The number of thiocarbonyl (C=S) groups is 1. The normalized spacial score (nSPS) is 10.4. The first kappa shape index (κ1) is 19.5. The number of nitrogens with one attached hydrogen (secondary N) is 2. The summed E-state index contributed by atoms with van der Waals surface area (Å²) in [5, 5.41) is 10.5. The van der Waals surface area contributed by atoms with Crippen molar-refractivity contribution in [3.8, 4) is 11.4 Å². The molecule has 8 heteroatoms. The van der Waals surface area contributed by atoms with Crippen LogP contribution in [0.15, 0.2) is 47.0 Å². The van der Waals surface area contributed by atoms with E-state index in [-0.39, 0.29) is 6.54 Å². The lowest BCUT2D eigenvalue weighted by Gasteiger charge is -2.12.